The Balaban J connectivity index is 1.23. The average molecular weight is 480 g/mol. The van der Waals surface area contributed by atoms with Crippen LogP contribution in [0.15, 0.2) is 18.2 Å². The van der Waals surface area contributed by atoms with E-state index in [9.17, 15) is 9.59 Å². The number of fused-ring (bicyclic) bond motifs is 1. The van der Waals surface area contributed by atoms with Crippen molar-refractivity contribution in [1.29, 1.82) is 0 Å². The summed E-state index contributed by atoms with van der Waals surface area (Å²) in [5.74, 6) is 0.212. The van der Waals surface area contributed by atoms with Crippen molar-refractivity contribution in [3.8, 4) is 0 Å². The van der Waals surface area contributed by atoms with Crippen LogP contribution >= 0.6 is 0 Å². The number of carbonyl (C=O) groups excluding carboxylic acids is 2. The topological polar surface area (TPSA) is 70.5 Å². The van der Waals surface area contributed by atoms with Crippen LogP contribution in [0.1, 0.15) is 82.7 Å². The van der Waals surface area contributed by atoms with Gasteiger partial charge in [0.05, 0.1) is 22.8 Å². The van der Waals surface area contributed by atoms with Crippen molar-refractivity contribution in [2.24, 2.45) is 13.0 Å². The highest BCUT2D eigenvalue weighted by Crippen LogP contribution is 2.35. The fraction of sp³-hybridized carbons (Fsp3) is 0.679. The van der Waals surface area contributed by atoms with E-state index in [-0.39, 0.29) is 17.7 Å². The van der Waals surface area contributed by atoms with Crippen LogP contribution < -0.4 is 10.2 Å². The molecule has 1 aliphatic carbocycles. The summed E-state index contributed by atoms with van der Waals surface area (Å²) in [6, 6.07) is 6.84. The molecule has 1 aromatic carbocycles. The van der Waals surface area contributed by atoms with Gasteiger partial charge in [-0.25, -0.2) is 0 Å². The Morgan fingerprint density at radius 3 is 2.66 bits per heavy atom. The number of carbonyl (C=O) groups is 2. The van der Waals surface area contributed by atoms with Crippen LogP contribution in [-0.4, -0.2) is 58.7 Å². The van der Waals surface area contributed by atoms with Gasteiger partial charge in [-0.2, -0.15) is 5.10 Å². The Kier molecular flexibility index (Phi) is 7.42. The van der Waals surface area contributed by atoms with Gasteiger partial charge < -0.3 is 4.90 Å². The van der Waals surface area contributed by atoms with Gasteiger partial charge in [0.2, 0.25) is 11.8 Å². The van der Waals surface area contributed by atoms with Crippen LogP contribution in [-0.2, 0) is 16.6 Å². The zero-order valence-electron chi connectivity index (χ0n) is 21.5. The lowest BCUT2D eigenvalue weighted by Crippen LogP contribution is -2.52. The third-order valence-corrected chi connectivity index (χ3v) is 8.58. The first-order valence-corrected chi connectivity index (χ1v) is 13.8. The molecule has 2 saturated heterocycles. The van der Waals surface area contributed by atoms with E-state index in [2.05, 4.69) is 40.2 Å². The number of rotatable bonds is 7. The van der Waals surface area contributed by atoms with Gasteiger partial charge in [-0.1, -0.05) is 57.1 Å². The molecule has 1 N–H and O–H groups in total. The van der Waals surface area contributed by atoms with Crippen LogP contribution in [0.3, 0.4) is 0 Å². The number of hydrogen-bond acceptors (Lipinski definition) is 5. The number of hydrogen-bond donors (Lipinski definition) is 1. The first-order chi connectivity index (χ1) is 17.0. The van der Waals surface area contributed by atoms with Crippen molar-refractivity contribution < 1.29 is 9.59 Å². The molecule has 0 radical (unpaired) electrons. The van der Waals surface area contributed by atoms with Gasteiger partial charge in [0.15, 0.2) is 0 Å². The molecule has 0 spiro atoms. The predicted molar refractivity (Wildman–Crippen MR) is 140 cm³/mol. The fourth-order valence-electron chi connectivity index (χ4n) is 6.58. The van der Waals surface area contributed by atoms with Crippen LogP contribution in [0.2, 0.25) is 0 Å². The number of piperidine rings is 1. The number of amides is 2. The number of aromatic nitrogens is 2. The van der Waals surface area contributed by atoms with Crippen LogP contribution in [0, 0.1) is 5.92 Å². The quantitative estimate of drug-likeness (QED) is 0.472. The fourth-order valence-corrected chi connectivity index (χ4v) is 6.58. The summed E-state index contributed by atoms with van der Waals surface area (Å²) in [7, 11) is 1.97. The number of para-hydroxylation sites is 1. The molecule has 35 heavy (non-hydrogen) atoms. The molecular weight excluding hydrogens is 438 g/mol. The van der Waals surface area contributed by atoms with E-state index in [1.54, 1.807) is 0 Å². The monoisotopic (exact) mass is 479 g/mol. The molecule has 2 atom stereocenters. The molecule has 7 nitrogen and oxygen atoms in total. The summed E-state index contributed by atoms with van der Waals surface area (Å²) in [6.07, 6.45) is 12.3. The molecule has 5 rings (SSSR count). The molecule has 190 valence electrons. The first-order valence-electron chi connectivity index (χ1n) is 13.8. The van der Waals surface area contributed by atoms with Gasteiger partial charge in [0, 0.05) is 44.5 Å². The summed E-state index contributed by atoms with van der Waals surface area (Å²) < 4.78 is 1.92. The number of aryl methyl sites for hydroxylation is 1. The molecule has 2 aliphatic heterocycles. The molecule has 1 aromatic heterocycles. The van der Waals surface area contributed by atoms with E-state index in [0.717, 1.165) is 42.1 Å². The lowest BCUT2D eigenvalue weighted by atomic mass is 9.86. The molecule has 7 heteroatoms. The maximum absolute atomic E-state index is 12.5. The second-order valence-corrected chi connectivity index (χ2v) is 11.0. The number of piperazine rings is 1. The molecular formula is C28H41N5O2. The Hall–Kier alpha value is -2.41. The van der Waals surface area contributed by atoms with E-state index in [1.807, 2.05) is 11.7 Å². The summed E-state index contributed by atoms with van der Waals surface area (Å²) in [6.45, 7) is 6.65. The van der Waals surface area contributed by atoms with Crippen molar-refractivity contribution in [2.75, 3.05) is 31.1 Å². The van der Waals surface area contributed by atoms with Crippen molar-refractivity contribution in [3.63, 3.8) is 0 Å². The van der Waals surface area contributed by atoms with Crippen molar-refractivity contribution >= 4 is 28.4 Å². The van der Waals surface area contributed by atoms with Gasteiger partial charge in [0.25, 0.3) is 0 Å². The SMILES string of the molecule is C[C@@H]1CN(c2cccc3c(C4CCC(=O)NC4=O)nn(C)c23)CCN1CCCCC1CCCCC1. The van der Waals surface area contributed by atoms with Crippen molar-refractivity contribution in [2.45, 2.75) is 83.1 Å². The largest absolute Gasteiger partial charge is 0.367 e. The third kappa shape index (κ3) is 5.25. The minimum Gasteiger partial charge on any atom is -0.367 e. The molecule has 3 fully saturated rings. The highest BCUT2D eigenvalue weighted by atomic mass is 16.2. The van der Waals surface area contributed by atoms with E-state index >= 15 is 0 Å². The maximum atomic E-state index is 12.5. The smallest absolute Gasteiger partial charge is 0.235 e. The van der Waals surface area contributed by atoms with Crippen LogP contribution in [0.4, 0.5) is 5.69 Å². The molecule has 2 amide bonds. The third-order valence-electron chi connectivity index (χ3n) is 8.58. The zero-order chi connectivity index (χ0) is 24.4. The molecule has 3 heterocycles. The lowest BCUT2D eigenvalue weighted by molar-refractivity contribution is -0.134. The van der Waals surface area contributed by atoms with Crippen LogP contribution in [0.25, 0.3) is 10.9 Å². The van der Waals surface area contributed by atoms with Gasteiger partial charge >= 0.3 is 0 Å². The Morgan fingerprint density at radius 1 is 1.06 bits per heavy atom. The Morgan fingerprint density at radius 2 is 1.89 bits per heavy atom. The minimum atomic E-state index is -0.365. The number of anilines is 1. The summed E-state index contributed by atoms with van der Waals surface area (Å²) >= 11 is 0. The number of imide groups is 1. The van der Waals surface area contributed by atoms with E-state index in [4.69, 9.17) is 5.10 Å². The Bertz CT molecular complexity index is 1060. The Labute approximate surface area is 209 Å². The van der Waals surface area contributed by atoms with Gasteiger partial charge in [-0.3, -0.25) is 24.5 Å². The highest BCUT2D eigenvalue weighted by Gasteiger charge is 2.33. The van der Waals surface area contributed by atoms with Crippen molar-refractivity contribution in [3.05, 3.63) is 23.9 Å². The second-order valence-electron chi connectivity index (χ2n) is 11.0. The highest BCUT2D eigenvalue weighted by molar-refractivity contribution is 6.03. The molecule has 3 aliphatic rings. The molecule has 2 aromatic rings. The zero-order valence-corrected chi connectivity index (χ0v) is 21.5. The average Bonchev–Trinajstić information content (AvgIpc) is 3.19. The minimum absolute atomic E-state index is 0.187. The first kappa shape index (κ1) is 24.3. The molecule has 1 unspecified atom stereocenters. The van der Waals surface area contributed by atoms with Gasteiger partial charge in [0.1, 0.15) is 0 Å². The van der Waals surface area contributed by atoms with Gasteiger partial charge in [-0.05, 0) is 38.3 Å². The van der Waals surface area contributed by atoms with E-state index in [1.165, 1.54) is 63.6 Å². The van der Waals surface area contributed by atoms with Crippen molar-refractivity contribution in [1.82, 2.24) is 20.0 Å². The standard InChI is InChI=1S/C28H41N5O2/c1-20-19-33(18-17-32(20)16-7-6-11-21-9-4-3-5-10-21)24-13-8-12-22-26(30-31(2)27(22)24)23-14-15-25(34)29-28(23)35/h8,12-13,20-21,23H,3-7,9-11,14-19H2,1-2H3,(H,29,34,35)/t20-,23?/m1/s1. The van der Waals surface area contributed by atoms with Gasteiger partial charge in [-0.15, -0.1) is 0 Å². The molecule has 0 bridgehead atoms. The number of nitrogens with zero attached hydrogens (tertiary/aromatic N) is 4. The number of benzene rings is 1. The van der Waals surface area contributed by atoms with Crippen LogP contribution in [0.5, 0.6) is 0 Å². The van der Waals surface area contributed by atoms with E-state index in [0.29, 0.717) is 18.9 Å². The lowest BCUT2D eigenvalue weighted by Gasteiger charge is -2.41. The molecule has 1 saturated carbocycles. The second kappa shape index (κ2) is 10.7. The maximum Gasteiger partial charge on any atom is 0.235 e. The number of nitrogens with one attached hydrogen (secondary N) is 1. The predicted octanol–water partition coefficient (Wildman–Crippen LogP) is 4.35. The van der Waals surface area contributed by atoms with E-state index < -0.39 is 0 Å². The summed E-state index contributed by atoms with van der Waals surface area (Å²) in [5.41, 5.74) is 3.07. The summed E-state index contributed by atoms with van der Waals surface area (Å²) in [4.78, 5) is 29.3. The summed E-state index contributed by atoms with van der Waals surface area (Å²) in [5, 5.41) is 8.29. The number of unbranched alkanes of at least 4 members (excludes halogenated alkanes) is 1. The normalized spacial score (nSPS) is 24.8.